The zero-order chi connectivity index (χ0) is 13.0. The van der Waals surface area contributed by atoms with Gasteiger partial charge in [-0.3, -0.25) is 0 Å². The largest absolute Gasteiger partial charge is 0.508 e. The molecule has 0 saturated heterocycles. The Balaban J connectivity index is 1.96. The number of phenols is 1. The molecule has 4 heteroatoms. The van der Waals surface area contributed by atoms with E-state index >= 15 is 0 Å². The highest BCUT2D eigenvalue weighted by Crippen LogP contribution is 2.16. The maximum absolute atomic E-state index is 9.24. The monoisotopic (exact) mass is 243 g/mol. The molecule has 0 amide bonds. The van der Waals surface area contributed by atoms with Gasteiger partial charge in [0.1, 0.15) is 11.6 Å². The van der Waals surface area contributed by atoms with Gasteiger partial charge in [0.25, 0.3) is 0 Å². The second-order valence-corrected chi connectivity index (χ2v) is 4.29. The molecule has 0 fully saturated rings. The van der Waals surface area contributed by atoms with Gasteiger partial charge in [0, 0.05) is 18.8 Å². The van der Waals surface area contributed by atoms with Crippen LogP contribution in [0.2, 0.25) is 0 Å². The van der Waals surface area contributed by atoms with Gasteiger partial charge >= 0.3 is 0 Å². The van der Waals surface area contributed by atoms with Crippen LogP contribution in [-0.4, -0.2) is 15.1 Å². The van der Waals surface area contributed by atoms with Crippen LogP contribution >= 0.6 is 0 Å². The average Bonchev–Trinajstić information content (AvgIpc) is 2.37. The van der Waals surface area contributed by atoms with Crippen molar-refractivity contribution in [3.8, 4) is 5.75 Å². The van der Waals surface area contributed by atoms with Gasteiger partial charge in [0.05, 0.1) is 5.69 Å². The zero-order valence-corrected chi connectivity index (χ0v) is 10.6. The number of phenolic OH excluding ortho intramolecular Hbond substituents is 1. The summed E-state index contributed by atoms with van der Waals surface area (Å²) in [7, 11) is 0. The van der Waals surface area contributed by atoms with Gasteiger partial charge in [-0.2, -0.15) is 0 Å². The molecule has 1 aromatic heterocycles. The molecule has 2 N–H and O–H groups in total. The Morgan fingerprint density at radius 1 is 1.22 bits per heavy atom. The van der Waals surface area contributed by atoms with Crippen molar-refractivity contribution in [2.24, 2.45) is 0 Å². The van der Waals surface area contributed by atoms with Crippen LogP contribution in [0, 0.1) is 6.92 Å². The molecule has 2 rings (SSSR count). The SMILES string of the molecule is Cc1nccc(CNC(C)c2ccc(O)cc2)n1. The summed E-state index contributed by atoms with van der Waals surface area (Å²) in [4.78, 5) is 8.41. The summed E-state index contributed by atoms with van der Waals surface area (Å²) in [5.74, 6) is 1.07. The van der Waals surface area contributed by atoms with E-state index in [2.05, 4.69) is 22.2 Å². The van der Waals surface area contributed by atoms with E-state index in [-0.39, 0.29) is 11.8 Å². The Hall–Kier alpha value is -1.94. The molecule has 1 aromatic carbocycles. The van der Waals surface area contributed by atoms with Gasteiger partial charge in [-0.1, -0.05) is 12.1 Å². The Kier molecular flexibility index (Phi) is 3.89. The molecule has 0 aliphatic carbocycles. The summed E-state index contributed by atoms with van der Waals surface area (Å²) in [5.41, 5.74) is 2.12. The summed E-state index contributed by atoms with van der Waals surface area (Å²) in [6, 6.07) is 9.34. The van der Waals surface area contributed by atoms with Gasteiger partial charge in [0.2, 0.25) is 0 Å². The van der Waals surface area contributed by atoms with Crippen LogP contribution in [0.1, 0.15) is 30.0 Å². The number of nitrogens with zero attached hydrogens (tertiary/aromatic N) is 2. The summed E-state index contributed by atoms with van der Waals surface area (Å²) in [6.07, 6.45) is 1.77. The van der Waals surface area contributed by atoms with Gasteiger partial charge in [-0.15, -0.1) is 0 Å². The fourth-order valence-corrected chi connectivity index (χ4v) is 1.74. The van der Waals surface area contributed by atoms with Crippen LogP contribution in [0.4, 0.5) is 0 Å². The van der Waals surface area contributed by atoms with Gasteiger partial charge in [-0.05, 0) is 37.6 Å². The number of aromatic hydroxyl groups is 1. The first-order valence-electron chi connectivity index (χ1n) is 5.96. The normalized spacial score (nSPS) is 12.3. The second kappa shape index (κ2) is 5.60. The molecule has 2 aromatic rings. The number of hydrogen-bond donors (Lipinski definition) is 2. The van der Waals surface area contributed by atoms with Crippen LogP contribution in [-0.2, 0) is 6.54 Å². The molecule has 0 saturated carbocycles. The third kappa shape index (κ3) is 3.28. The highest BCUT2D eigenvalue weighted by Gasteiger charge is 2.05. The van der Waals surface area contributed by atoms with E-state index in [1.807, 2.05) is 25.1 Å². The minimum absolute atomic E-state index is 0.209. The Morgan fingerprint density at radius 2 is 1.94 bits per heavy atom. The predicted octanol–water partition coefficient (Wildman–Crippen LogP) is 2.34. The first kappa shape index (κ1) is 12.5. The van der Waals surface area contributed by atoms with E-state index in [1.54, 1.807) is 18.3 Å². The summed E-state index contributed by atoms with van der Waals surface area (Å²) < 4.78 is 0. The van der Waals surface area contributed by atoms with Crippen molar-refractivity contribution in [3.05, 3.63) is 53.6 Å². The van der Waals surface area contributed by atoms with Crippen LogP contribution < -0.4 is 5.32 Å². The number of benzene rings is 1. The van der Waals surface area contributed by atoms with Crippen molar-refractivity contribution >= 4 is 0 Å². The maximum atomic E-state index is 9.24. The molecule has 1 unspecified atom stereocenters. The van der Waals surface area contributed by atoms with E-state index < -0.39 is 0 Å². The lowest BCUT2D eigenvalue weighted by Crippen LogP contribution is -2.18. The first-order valence-corrected chi connectivity index (χ1v) is 5.96. The predicted molar refractivity (Wildman–Crippen MR) is 70.1 cm³/mol. The molecule has 0 spiro atoms. The van der Waals surface area contributed by atoms with Gasteiger partial charge in [-0.25, -0.2) is 9.97 Å². The van der Waals surface area contributed by atoms with E-state index in [9.17, 15) is 5.11 Å². The minimum atomic E-state index is 0.209. The molecular formula is C14H17N3O. The van der Waals surface area contributed by atoms with Crippen molar-refractivity contribution in [3.63, 3.8) is 0 Å². The quantitative estimate of drug-likeness (QED) is 0.865. The third-order valence-electron chi connectivity index (χ3n) is 2.82. The van der Waals surface area contributed by atoms with Gasteiger partial charge < -0.3 is 10.4 Å². The molecule has 94 valence electrons. The number of nitrogens with one attached hydrogen (secondary N) is 1. The highest BCUT2D eigenvalue weighted by atomic mass is 16.3. The molecular weight excluding hydrogens is 226 g/mol. The fourth-order valence-electron chi connectivity index (χ4n) is 1.74. The van der Waals surface area contributed by atoms with E-state index in [0.29, 0.717) is 6.54 Å². The van der Waals surface area contributed by atoms with Crippen molar-refractivity contribution in [1.29, 1.82) is 0 Å². The Labute approximate surface area is 107 Å². The molecule has 1 heterocycles. The Bertz CT molecular complexity index is 511. The van der Waals surface area contributed by atoms with Crippen molar-refractivity contribution in [2.45, 2.75) is 26.4 Å². The van der Waals surface area contributed by atoms with Crippen molar-refractivity contribution in [1.82, 2.24) is 15.3 Å². The molecule has 18 heavy (non-hydrogen) atoms. The lowest BCUT2D eigenvalue weighted by molar-refractivity contribution is 0.474. The van der Waals surface area contributed by atoms with Crippen LogP contribution in [0.15, 0.2) is 36.5 Å². The van der Waals surface area contributed by atoms with Crippen LogP contribution in [0.5, 0.6) is 5.75 Å². The summed E-state index contributed by atoms with van der Waals surface area (Å²) >= 11 is 0. The van der Waals surface area contributed by atoms with Crippen LogP contribution in [0.25, 0.3) is 0 Å². The van der Waals surface area contributed by atoms with Crippen LogP contribution in [0.3, 0.4) is 0 Å². The number of aryl methyl sites for hydroxylation is 1. The molecule has 0 aliphatic rings. The average molecular weight is 243 g/mol. The first-order chi connectivity index (χ1) is 8.65. The topological polar surface area (TPSA) is 58.0 Å². The van der Waals surface area contributed by atoms with Crippen molar-refractivity contribution in [2.75, 3.05) is 0 Å². The molecule has 0 bridgehead atoms. The fraction of sp³-hybridized carbons (Fsp3) is 0.286. The zero-order valence-electron chi connectivity index (χ0n) is 10.6. The molecule has 0 aliphatic heterocycles. The lowest BCUT2D eigenvalue weighted by Gasteiger charge is -2.14. The standard InChI is InChI=1S/C14H17N3O/c1-10(12-3-5-14(18)6-4-12)16-9-13-7-8-15-11(2)17-13/h3-8,10,16,18H,9H2,1-2H3. The Morgan fingerprint density at radius 3 is 2.61 bits per heavy atom. The van der Waals surface area contributed by atoms with E-state index in [4.69, 9.17) is 0 Å². The minimum Gasteiger partial charge on any atom is -0.508 e. The number of hydrogen-bond acceptors (Lipinski definition) is 4. The molecule has 0 radical (unpaired) electrons. The lowest BCUT2D eigenvalue weighted by atomic mass is 10.1. The van der Waals surface area contributed by atoms with Gasteiger partial charge in [0.15, 0.2) is 0 Å². The number of rotatable bonds is 4. The van der Waals surface area contributed by atoms with E-state index in [1.165, 1.54) is 0 Å². The maximum Gasteiger partial charge on any atom is 0.125 e. The summed E-state index contributed by atoms with van der Waals surface area (Å²) in [5, 5.41) is 12.6. The molecule has 4 nitrogen and oxygen atoms in total. The smallest absolute Gasteiger partial charge is 0.125 e. The highest BCUT2D eigenvalue weighted by molar-refractivity contribution is 5.27. The molecule has 1 atom stereocenters. The summed E-state index contributed by atoms with van der Waals surface area (Å²) in [6.45, 7) is 4.67. The number of aromatic nitrogens is 2. The van der Waals surface area contributed by atoms with Crippen molar-refractivity contribution < 1.29 is 5.11 Å². The second-order valence-electron chi connectivity index (χ2n) is 4.29. The third-order valence-corrected chi connectivity index (χ3v) is 2.82. The van der Waals surface area contributed by atoms with E-state index in [0.717, 1.165) is 17.1 Å².